The molecule has 28 heavy (non-hydrogen) atoms. The van der Waals surface area contributed by atoms with E-state index in [1.54, 1.807) is 18.2 Å². The van der Waals surface area contributed by atoms with Crippen molar-refractivity contribution in [3.63, 3.8) is 0 Å². The Balaban J connectivity index is 2.19. The predicted molar refractivity (Wildman–Crippen MR) is 112 cm³/mol. The second-order valence-electron chi connectivity index (χ2n) is 7.32. The third-order valence-corrected chi connectivity index (χ3v) is 5.51. The zero-order chi connectivity index (χ0) is 20.6. The van der Waals surface area contributed by atoms with E-state index in [0.717, 1.165) is 11.1 Å². The molecule has 3 rings (SSSR count). The summed E-state index contributed by atoms with van der Waals surface area (Å²) in [5, 5.41) is 11.3. The average Bonchev–Trinajstić information content (AvgIpc) is 2.89. The van der Waals surface area contributed by atoms with E-state index in [9.17, 15) is 14.7 Å². The van der Waals surface area contributed by atoms with Crippen molar-refractivity contribution in [3.8, 4) is 0 Å². The fourth-order valence-electron chi connectivity index (χ4n) is 3.46. The molecule has 4 nitrogen and oxygen atoms in total. The van der Waals surface area contributed by atoms with Crippen LogP contribution in [0.2, 0.25) is 10.0 Å². The Kier molecular flexibility index (Phi) is 5.82. The number of aliphatic hydroxyl groups is 1. The van der Waals surface area contributed by atoms with Gasteiger partial charge in [-0.05, 0) is 42.2 Å². The summed E-state index contributed by atoms with van der Waals surface area (Å²) in [6, 6.07) is 11.6. The van der Waals surface area contributed by atoms with Crippen LogP contribution in [0.3, 0.4) is 0 Å². The van der Waals surface area contributed by atoms with Crippen LogP contribution >= 0.6 is 23.2 Å². The number of hydrogen-bond donors (Lipinski definition) is 1. The average molecular weight is 418 g/mol. The first-order valence-electron chi connectivity index (χ1n) is 9.02. The summed E-state index contributed by atoms with van der Waals surface area (Å²) in [6.45, 7) is 5.75. The summed E-state index contributed by atoms with van der Waals surface area (Å²) in [7, 11) is 0. The van der Waals surface area contributed by atoms with Crippen molar-refractivity contribution < 1.29 is 14.7 Å². The lowest BCUT2D eigenvalue weighted by molar-refractivity contribution is -0.118. The van der Waals surface area contributed by atoms with Crippen LogP contribution < -0.4 is 4.90 Å². The maximum absolute atomic E-state index is 13.0. The zero-order valence-corrected chi connectivity index (χ0v) is 17.4. The van der Waals surface area contributed by atoms with Gasteiger partial charge >= 0.3 is 0 Å². The van der Waals surface area contributed by atoms with Gasteiger partial charge in [0.15, 0.2) is 11.5 Å². The summed E-state index contributed by atoms with van der Waals surface area (Å²) >= 11 is 12.2. The highest BCUT2D eigenvalue weighted by atomic mass is 35.5. The van der Waals surface area contributed by atoms with Gasteiger partial charge in [0.25, 0.3) is 5.91 Å². The molecule has 6 heteroatoms. The monoisotopic (exact) mass is 417 g/mol. The predicted octanol–water partition coefficient (Wildman–Crippen LogP) is 5.82. The molecule has 0 saturated heterocycles. The molecule has 1 amide bonds. The van der Waals surface area contributed by atoms with E-state index >= 15 is 0 Å². The molecule has 1 N–H and O–H groups in total. The van der Waals surface area contributed by atoms with Crippen LogP contribution in [0.4, 0.5) is 5.69 Å². The molecule has 1 heterocycles. The number of benzene rings is 2. The number of halogens is 2. The molecule has 0 spiro atoms. The summed E-state index contributed by atoms with van der Waals surface area (Å²) in [4.78, 5) is 27.4. The van der Waals surface area contributed by atoms with Crippen molar-refractivity contribution in [1.29, 1.82) is 0 Å². The van der Waals surface area contributed by atoms with Gasteiger partial charge in [-0.25, -0.2) is 0 Å². The van der Waals surface area contributed by atoms with Crippen LogP contribution in [0.5, 0.6) is 0 Å². The van der Waals surface area contributed by atoms with Gasteiger partial charge in [0.05, 0.1) is 21.7 Å². The molecule has 146 valence electrons. The van der Waals surface area contributed by atoms with Crippen LogP contribution in [0.15, 0.2) is 53.8 Å². The smallest absolute Gasteiger partial charge is 0.294 e. The molecule has 2 aromatic rings. The fraction of sp³-hybridized carbons (Fsp3) is 0.273. The lowest BCUT2D eigenvalue weighted by Crippen LogP contribution is -2.31. The summed E-state index contributed by atoms with van der Waals surface area (Å²) < 4.78 is 0. The Morgan fingerprint density at radius 2 is 1.82 bits per heavy atom. The molecular weight excluding hydrogens is 397 g/mol. The van der Waals surface area contributed by atoms with E-state index in [1.807, 2.05) is 45.0 Å². The number of aliphatic hydroxyl groups excluding tert-OH is 1. The molecule has 0 fully saturated rings. The molecule has 1 aliphatic rings. The first-order chi connectivity index (χ1) is 13.2. The molecular formula is C22H21Cl2NO3. The number of amides is 1. The lowest BCUT2D eigenvalue weighted by atomic mass is 9.90. The number of hydrogen-bond acceptors (Lipinski definition) is 3. The number of nitrogens with zero attached hydrogens (tertiary/aromatic N) is 1. The van der Waals surface area contributed by atoms with Gasteiger partial charge in [-0.3, -0.25) is 14.5 Å². The van der Waals surface area contributed by atoms with E-state index < -0.39 is 17.7 Å². The number of aryl methyl sites for hydroxylation is 1. The van der Waals surface area contributed by atoms with Gasteiger partial charge in [-0.15, -0.1) is 0 Å². The Morgan fingerprint density at radius 1 is 1.14 bits per heavy atom. The van der Waals surface area contributed by atoms with Crippen molar-refractivity contribution in [1.82, 2.24) is 0 Å². The Bertz CT molecular complexity index is 981. The van der Waals surface area contributed by atoms with Gasteiger partial charge in [-0.1, -0.05) is 61.3 Å². The molecule has 0 aliphatic carbocycles. The van der Waals surface area contributed by atoms with Gasteiger partial charge in [0.2, 0.25) is 0 Å². The number of Topliss-reactive ketones (excluding diaryl/α,β-unsaturated/α-hetero) is 1. The normalized spacial score (nSPS) is 17.0. The van der Waals surface area contributed by atoms with E-state index in [1.165, 1.54) is 4.90 Å². The van der Waals surface area contributed by atoms with E-state index in [4.69, 9.17) is 23.2 Å². The lowest BCUT2D eigenvalue weighted by Gasteiger charge is -2.28. The highest BCUT2D eigenvalue weighted by Gasteiger charge is 2.44. The maximum atomic E-state index is 13.0. The van der Waals surface area contributed by atoms with Crippen LogP contribution in [0, 0.1) is 12.8 Å². The molecule has 0 aromatic heterocycles. The zero-order valence-electron chi connectivity index (χ0n) is 15.9. The largest absolute Gasteiger partial charge is 0.503 e. The third-order valence-electron chi connectivity index (χ3n) is 4.77. The van der Waals surface area contributed by atoms with Gasteiger partial charge in [0, 0.05) is 12.1 Å². The van der Waals surface area contributed by atoms with Crippen molar-refractivity contribution in [2.75, 3.05) is 4.90 Å². The molecule has 0 bridgehead atoms. The number of carbonyl (C=O) groups excluding carboxylic acids is 2. The topological polar surface area (TPSA) is 57.6 Å². The summed E-state index contributed by atoms with van der Waals surface area (Å²) in [6.07, 6.45) is 0.240. The Morgan fingerprint density at radius 3 is 2.43 bits per heavy atom. The third kappa shape index (κ3) is 3.67. The molecule has 2 aromatic carbocycles. The second kappa shape index (κ2) is 7.98. The van der Waals surface area contributed by atoms with E-state index in [0.29, 0.717) is 10.7 Å². The van der Waals surface area contributed by atoms with E-state index in [-0.39, 0.29) is 28.7 Å². The minimum Gasteiger partial charge on any atom is -0.503 e. The van der Waals surface area contributed by atoms with Crippen LogP contribution in [-0.4, -0.2) is 16.8 Å². The first-order valence-corrected chi connectivity index (χ1v) is 9.78. The maximum Gasteiger partial charge on any atom is 0.294 e. The first kappa shape index (κ1) is 20.4. The van der Waals surface area contributed by atoms with Crippen LogP contribution in [-0.2, 0) is 9.59 Å². The Labute approximate surface area is 174 Å². The minimum absolute atomic E-state index is 0.0967. The fourth-order valence-corrected chi connectivity index (χ4v) is 3.75. The standard InChI is InChI=1S/C22H21Cl2NO3/c1-12(2)10-18(26)19-20(15-7-5-4-6-13(15)3)25(22(28)21(19)27)14-8-9-16(23)17(24)11-14/h4-9,11-12,20,27H,10H2,1-3H3. The summed E-state index contributed by atoms with van der Waals surface area (Å²) in [5.74, 6) is -1.28. The quantitative estimate of drug-likeness (QED) is 0.666. The summed E-state index contributed by atoms with van der Waals surface area (Å²) in [5.41, 5.74) is 2.28. The molecule has 0 radical (unpaired) electrons. The Hall–Kier alpha value is -2.30. The molecule has 0 saturated carbocycles. The SMILES string of the molecule is Cc1ccccc1C1C(C(=O)CC(C)C)=C(O)C(=O)N1c1ccc(Cl)c(Cl)c1. The van der Waals surface area contributed by atoms with Crippen LogP contribution in [0.1, 0.15) is 37.4 Å². The number of anilines is 1. The van der Waals surface area contributed by atoms with E-state index in [2.05, 4.69) is 0 Å². The van der Waals surface area contributed by atoms with Gasteiger partial charge in [0.1, 0.15) is 0 Å². The highest BCUT2D eigenvalue weighted by Crippen LogP contribution is 2.43. The van der Waals surface area contributed by atoms with Gasteiger partial charge < -0.3 is 5.11 Å². The molecule has 1 atom stereocenters. The van der Waals surface area contributed by atoms with Crippen molar-refractivity contribution in [3.05, 3.63) is 75.0 Å². The van der Waals surface area contributed by atoms with Gasteiger partial charge in [-0.2, -0.15) is 0 Å². The van der Waals surface area contributed by atoms with Crippen molar-refractivity contribution >= 4 is 40.6 Å². The van der Waals surface area contributed by atoms with Crippen molar-refractivity contribution in [2.45, 2.75) is 33.2 Å². The number of rotatable bonds is 5. The highest BCUT2D eigenvalue weighted by molar-refractivity contribution is 6.42. The van der Waals surface area contributed by atoms with Crippen molar-refractivity contribution in [2.24, 2.45) is 5.92 Å². The van der Waals surface area contributed by atoms with Crippen LogP contribution in [0.25, 0.3) is 0 Å². The molecule has 1 aliphatic heterocycles. The minimum atomic E-state index is -0.725. The number of carbonyl (C=O) groups is 2. The second-order valence-corrected chi connectivity index (χ2v) is 8.13. The molecule has 1 unspecified atom stereocenters. The number of ketones is 1.